The van der Waals surface area contributed by atoms with Gasteiger partial charge in [0, 0.05) is 0 Å². The molecule has 196 valence electrons. The van der Waals surface area contributed by atoms with Crippen molar-refractivity contribution in [3.8, 4) is 0 Å². The van der Waals surface area contributed by atoms with Crippen LogP contribution in [0.1, 0.15) is 0 Å². The minimum Gasteiger partial charge on any atom is -0.431 e. The molecule has 1 saturated heterocycles. The second-order valence-electron chi connectivity index (χ2n) is 12.2. The Hall–Kier alpha value is 0.228. The average Bonchev–Trinajstić information content (AvgIpc) is 2.54. The fourth-order valence-electron chi connectivity index (χ4n) is 3.32. The molecule has 0 aromatic heterocycles. The maximum absolute atomic E-state index is 11.9. The Morgan fingerprint density at radius 3 is 1.52 bits per heavy atom. The van der Waals surface area contributed by atoms with Crippen LogP contribution >= 0.6 is 11.6 Å². The zero-order chi connectivity index (χ0) is 25.8. The van der Waals surface area contributed by atoms with E-state index in [1.807, 2.05) is 0 Å². The van der Waals surface area contributed by atoms with Gasteiger partial charge in [-0.05, 0) is 78.6 Å². The van der Waals surface area contributed by atoms with Gasteiger partial charge in [0.25, 0.3) is 0 Å². The minimum atomic E-state index is -2.05. The summed E-state index contributed by atoms with van der Waals surface area (Å²) in [5.41, 5.74) is 0. The molecule has 0 aliphatic carbocycles. The van der Waals surface area contributed by atoms with E-state index >= 15 is 0 Å². The first kappa shape index (κ1) is 31.3. The summed E-state index contributed by atoms with van der Waals surface area (Å²) in [6.07, 6.45) is -3.50. The fraction of sp³-hybridized carbons (Fsp3) is 0.950. The predicted octanol–water partition coefficient (Wildman–Crippen LogP) is 5.57. The van der Waals surface area contributed by atoms with Crippen LogP contribution in [0.25, 0.3) is 0 Å². The van der Waals surface area contributed by atoms with Gasteiger partial charge < -0.3 is 31.9 Å². The third-order valence-electron chi connectivity index (χ3n) is 4.07. The van der Waals surface area contributed by atoms with Crippen molar-refractivity contribution in [2.24, 2.45) is 0 Å². The summed E-state index contributed by atoms with van der Waals surface area (Å²) in [5.74, 6) is 0. The van der Waals surface area contributed by atoms with Crippen molar-refractivity contribution in [1.29, 1.82) is 0 Å². The van der Waals surface area contributed by atoms with Crippen LogP contribution in [-0.2, 0) is 31.9 Å². The molecule has 0 spiro atoms. The number of alkyl halides is 1. The predicted molar refractivity (Wildman–Crippen MR) is 141 cm³/mol. The SMILES string of the molecule is C[Si](C)(C)OC1OC(COC(=O)OCCl)C(O[Si](C)(C)C)C(O[Si](C)(C)C)C1O[Si](C)(C)C. The Morgan fingerprint density at radius 1 is 0.667 bits per heavy atom. The van der Waals surface area contributed by atoms with E-state index in [-0.39, 0.29) is 12.7 Å². The van der Waals surface area contributed by atoms with E-state index in [0.717, 1.165) is 0 Å². The number of rotatable bonds is 11. The van der Waals surface area contributed by atoms with Crippen LogP contribution in [0.2, 0.25) is 78.6 Å². The fourth-order valence-corrected chi connectivity index (χ4v) is 7.54. The largest absolute Gasteiger partial charge is 0.509 e. The van der Waals surface area contributed by atoms with Gasteiger partial charge in [-0.25, -0.2) is 4.79 Å². The average molecular weight is 561 g/mol. The van der Waals surface area contributed by atoms with Crippen molar-refractivity contribution in [3.63, 3.8) is 0 Å². The third-order valence-corrected chi connectivity index (χ3v) is 8.05. The zero-order valence-electron chi connectivity index (χ0n) is 22.4. The molecule has 0 aromatic rings. The molecule has 1 heterocycles. The molecule has 0 bridgehead atoms. The lowest BCUT2D eigenvalue weighted by Gasteiger charge is -2.51. The molecule has 13 heteroatoms. The molecular formula is C20H45ClO8Si4. The molecule has 1 aliphatic rings. The van der Waals surface area contributed by atoms with Gasteiger partial charge in [-0.15, -0.1) is 0 Å². The Bertz CT molecular complexity index is 628. The van der Waals surface area contributed by atoms with Crippen molar-refractivity contribution in [2.75, 3.05) is 12.7 Å². The summed E-state index contributed by atoms with van der Waals surface area (Å²) >= 11 is 5.49. The first-order valence-electron chi connectivity index (χ1n) is 11.4. The molecule has 1 aliphatic heterocycles. The standard InChI is InChI=1S/C20H45ClO8Si4/c1-30(2,3)26-16-15(13-23-20(22)24-14-21)25-19(29-33(10,11)12)18(28-32(7,8)9)17(16)27-31(4,5)6/h15-19H,13-14H2,1-12H3. The summed E-state index contributed by atoms with van der Waals surface area (Å²) < 4.78 is 42.9. The molecular weight excluding hydrogens is 516 g/mol. The Kier molecular flexibility index (Phi) is 11.3. The van der Waals surface area contributed by atoms with Crippen molar-refractivity contribution in [3.05, 3.63) is 0 Å². The highest BCUT2D eigenvalue weighted by Crippen LogP contribution is 2.35. The molecule has 5 unspecified atom stereocenters. The van der Waals surface area contributed by atoms with Gasteiger partial charge in [0.05, 0.1) is 0 Å². The van der Waals surface area contributed by atoms with Crippen molar-refractivity contribution in [2.45, 2.75) is 109 Å². The maximum atomic E-state index is 11.9. The van der Waals surface area contributed by atoms with E-state index in [4.69, 9.17) is 43.5 Å². The van der Waals surface area contributed by atoms with Crippen LogP contribution in [0.3, 0.4) is 0 Å². The molecule has 0 saturated carbocycles. The van der Waals surface area contributed by atoms with Gasteiger partial charge >= 0.3 is 6.16 Å². The van der Waals surface area contributed by atoms with E-state index in [0.29, 0.717) is 0 Å². The molecule has 0 N–H and O–H groups in total. The second-order valence-corrected chi connectivity index (χ2v) is 30.2. The molecule has 5 atom stereocenters. The summed E-state index contributed by atoms with van der Waals surface area (Å²) in [6.45, 7) is 25.4. The highest BCUT2D eigenvalue weighted by atomic mass is 35.5. The van der Waals surface area contributed by atoms with Gasteiger partial charge in [0.1, 0.15) is 31.0 Å². The van der Waals surface area contributed by atoms with E-state index in [2.05, 4.69) is 78.6 Å². The van der Waals surface area contributed by atoms with Gasteiger partial charge in [0.2, 0.25) is 0 Å². The molecule has 1 rings (SSSR count). The van der Waals surface area contributed by atoms with Crippen molar-refractivity contribution >= 4 is 51.0 Å². The molecule has 0 aromatic carbocycles. The zero-order valence-corrected chi connectivity index (χ0v) is 27.2. The first-order chi connectivity index (χ1) is 14.7. The van der Waals surface area contributed by atoms with Crippen LogP contribution < -0.4 is 0 Å². The summed E-state index contributed by atoms with van der Waals surface area (Å²) in [4.78, 5) is 11.9. The summed E-state index contributed by atoms with van der Waals surface area (Å²) in [7, 11) is -8.11. The number of hydrogen-bond acceptors (Lipinski definition) is 8. The number of carbonyl (C=O) groups excluding carboxylic acids is 1. The van der Waals surface area contributed by atoms with Crippen LogP contribution in [0.4, 0.5) is 4.79 Å². The van der Waals surface area contributed by atoms with Crippen molar-refractivity contribution < 1.29 is 36.7 Å². The number of halogens is 1. The normalized spacial score (nSPS) is 27.4. The van der Waals surface area contributed by atoms with Crippen LogP contribution in [0.5, 0.6) is 0 Å². The maximum Gasteiger partial charge on any atom is 0.509 e. The number of ether oxygens (including phenoxy) is 3. The Balaban J connectivity index is 3.46. The van der Waals surface area contributed by atoms with Gasteiger partial charge in [-0.3, -0.25) is 0 Å². The molecule has 33 heavy (non-hydrogen) atoms. The van der Waals surface area contributed by atoms with Gasteiger partial charge in [0.15, 0.2) is 45.6 Å². The van der Waals surface area contributed by atoms with Crippen LogP contribution in [-0.4, -0.2) is 82.8 Å². The Morgan fingerprint density at radius 2 is 1.09 bits per heavy atom. The van der Waals surface area contributed by atoms with E-state index in [1.165, 1.54) is 0 Å². The minimum absolute atomic E-state index is 0.0678. The lowest BCUT2D eigenvalue weighted by Crippen LogP contribution is -2.67. The van der Waals surface area contributed by atoms with E-state index in [1.54, 1.807) is 0 Å². The number of carbonyl (C=O) groups is 1. The Labute approximate surface area is 209 Å². The third kappa shape index (κ3) is 12.7. The van der Waals surface area contributed by atoms with Crippen molar-refractivity contribution in [1.82, 2.24) is 0 Å². The topological polar surface area (TPSA) is 81.7 Å². The summed E-state index contributed by atoms with van der Waals surface area (Å²) in [6, 6.07) is -0.284. The van der Waals surface area contributed by atoms with E-state index < -0.39 is 70.1 Å². The molecule has 0 radical (unpaired) electrons. The molecule has 1 fully saturated rings. The highest BCUT2D eigenvalue weighted by Gasteiger charge is 2.53. The quantitative estimate of drug-likeness (QED) is 0.184. The van der Waals surface area contributed by atoms with E-state index in [9.17, 15) is 4.79 Å². The van der Waals surface area contributed by atoms with Gasteiger partial charge in [-0.2, -0.15) is 0 Å². The number of hydrogen-bond donors (Lipinski definition) is 0. The monoisotopic (exact) mass is 560 g/mol. The first-order valence-corrected chi connectivity index (χ1v) is 25.6. The van der Waals surface area contributed by atoms with Gasteiger partial charge in [-0.1, -0.05) is 11.6 Å². The van der Waals surface area contributed by atoms with Crippen LogP contribution in [0, 0.1) is 0 Å². The second kappa shape index (κ2) is 12.0. The molecule has 8 nitrogen and oxygen atoms in total. The highest BCUT2D eigenvalue weighted by molar-refractivity contribution is 6.71. The smallest absolute Gasteiger partial charge is 0.431 e. The summed E-state index contributed by atoms with van der Waals surface area (Å²) in [5, 5.41) is 0. The molecule has 0 amide bonds. The van der Waals surface area contributed by atoms with Crippen LogP contribution in [0.15, 0.2) is 0 Å². The lowest BCUT2D eigenvalue weighted by molar-refractivity contribution is -0.269. The lowest BCUT2D eigenvalue weighted by atomic mass is 9.99.